The van der Waals surface area contributed by atoms with Crippen molar-refractivity contribution in [2.24, 2.45) is 11.3 Å². The molecule has 0 heterocycles. The predicted octanol–water partition coefficient (Wildman–Crippen LogP) is 3.21. The third kappa shape index (κ3) is 3.48. The molecular weight excluding hydrogens is 222 g/mol. The molecule has 0 radical (unpaired) electrons. The maximum atomic E-state index is 13.8. The minimum Gasteiger partial charge on any atom is -0.271 e. The maximum Gasteiger partial charge on any atom is 0.163 e. The average Bonchev–Trinajstić information content (AvgIpc) is 2.22. The van der Waals surface area contributed by atoms with E-state index in [0.29, 0.717) is 12.0 Å². The molecule has 0 spiro atoms. The topological polar surface area (TPSA) is 38.0 Å². The normalized spacial score (nSPS) is 13.8. The zero-order chi connectivity index (χ0) is 13.2. The van der Waals surface area contributed by atoms with Crippen LogP contribution in [0.25, 0.3) is 0 Å². The van der Waals surface area contributed by atoms with Crippen molar-refractivity contribution in [2.75, 3.05) is 0 Å². The third-order valence-electron chi connectivity index (χ3n) is 2.70. The van der Waals surface area contributed by atoms with Crippen LogP contribution in [0.5, 0.6) is 0 Å². The van der Waals surface area contributed by atoms with Gasteiger partial charge < -0.3 is 0 Å². The summed E-state index contributed by atoms with van der Waals surface area (Å²) in [6, 6.07) is 2.77. The van der Waals surface area contributed by atoms with Crippen LogP contribution >= 0.6 is 0 Å². The van der Waals surface area contributed by atoms with Gasteiger partial charge in [0.2, 0.25) is 0 Å². The lowest BCUT2D eigenvalue weighted by Crippen LogP contribution is -2.32. The van der Waals surface area contributed by atoms with Crippen LogP contribution in [-0.2, 0) is 0 Å². The van der Waals surface area contributed by atoms with E-state index in [1.807, 2.05) is 20.8 Å². The molecule has 0 aliphatic carbocycles. The van der Waals surface area contributed by atoms with Gasteiger partial charge in [-0.05, 0) is 24.3 Å². The lowest BCUT2D eigenvalue weighted by Gasteiger charge is -2.26. The lowest BCUT2D eigenvalue weighted by molar-refractivity contribution is 0.306. The average molecular weight is 242 g/mol. The second kappa shape index (κ2) is 5.10. The molecule has 3 N–H and O–H groups in total. The number of nitrogens with two attached hydrogens (primary N) is 1. The van der Waals surface area contributed by atoms with Gasteiger partial charge in [-0.2, -0.15) is 0 Å². The molecule has 0 bridgehead atoms. The van der Waals surface area contributed by atoms with Crippen molar-refractivity contribution >= 4 is 0 Å². The molecule has 2 nitrogen and oxygen atoms in total. The van der Waals surface area contributed by atoms with E-state index in [0.717, 1.165) is 0 Å². The van der Waals surface area contributed by atoms with Gasteiger partial charge in [0.1, 0.15) is 0 Å². The molecule has 0 aliphatic heterocycles. The van der Waals surface area contributed by atoms with E-state index in [1.54, 1.807) is 12.1 Å². The van der Waals surface area contributed by atoms with Crippen LogP contribution in [0.15, 0.2) is 12.1 Å². The van der Waals surface area contributed by atoms with Crippen LogP contribution in [0.1, 0.15) is 44.4 Å². The van der Waals surface area contributed by atoms with Crippen LogP contribution in [0.4, 0.5) is 8.78 Å². The Hall–Kier alpha value is -1.00. The summed E-state index contributed by atoms with van der Waals surface area (Å²) in [7, 11) is 0. The lowest BCUT2D eigenvalue weighted by atomic mass is 9.85. The quantitative estimate of drug-likeness (QED) is 0.631. The molecule has 0 fully saturated rings. The van der Waals surface area contributed by atoms with Gasteiger partial charge >= 0.3 is 0 Å². The molecule has 1 atom stereocenters. The summed E-state index contributed by atoms with van der Waals surface area (Å²) in [6.07, 6.45) is 0.628. The summed E-state index contributed by atoms with van der Waals surface area (Å²) >= 11 is 0. The number of hydrogen-bond donors (Lipinski definition) is 2. The first-order chi connectivity index (χ1) is 7.76. The van der Waals surface area contributed by atoms with Gasteiger partial charge in [-0.25, -0.2) is 8.78 Å². The number of benzene rings is 1. The van der Waals surface area contributed by atoms with Gasteiger partial charge in [0.15, 0.2) is 11.6 Å². The summed E-state index contributed by atoms with van der Waals surface area (Å²) in [6.45, 7) is 7.62. The fourth-order valence-corrected chi connectivity index (χ4v) is 1.80. The number of hydrogen-bond acceptors (Lipinski definition) is 2. The fraction of sp³-hybridized carbons (Fsp3) is 0.538. The van der Waals surface area contributed by atoms with Crippen LogP contribution in [0.3, 0.4) is 0 Å². The Labute approximate surface area is 101 Å². The Morgan fingerprint density at radius 2 is 1.82 bits per heavy atom. The van der Waals surface area contributed by atoms with Crippen LogP contribution in [-0.4, -0.2) is 0 Å². The SMILES string of the molecule is Cc1ccc(C(CC(C)(C)C)NN)c(F)c1F. The number of halogens is 2. The van der Waals surface area contributed by atoms with Gasteiger partial charge in [-0.3, -0.25) is 11.3 Å². The molecule has 4 heteroatoms. The highest BCUT2D eigenvalue weighted by atomic mass is 19.2. The summed E-state index contributed by atoms with van der Waals surface area (Å²) in [5.74, 6) is 3.83. The summed E-state index contributed by atoms with van der Waals surface area (Å²) < 4.78 is 27.3. The van der Waals surface area contributed by atoms with Gasteiger partial charge in [-0.15, -0.1) is 0 Å². The molecule has 1 aromatic carbocycles. The van der Waals surface area contributed by atoms with Crippen molar-refractivity contribution in [3.63, 3.8) is 0 Å². The molecule has 0 amide bonds. The number of hydrazine groups is 1. The number of aryl methyl sites for hydroxylation is 1. The molecule has 0 saturated heterocycles. The highest BCUT2D eigenvalue weighted by Crippen LogP contribution is 2.31. The van der Waals surface area contributed by atoms with Crippen LogP contribution < -0.4 is 11.3 Å². The van der Waals surface area contributed by atoms with Crippen molar-refractivity contribution in [3.05, 3.63) is 34.9 Å². The molecule has 96 valence electrons. The third-order valence-corrected chi connectivity index (χ3v) is 2.70. The summed E-state index contributed by atoms with van der Waals surface area (Å²) in [5, 5.41) is 0. The zero-order valence-corrected chi connectivity index (χ0v) is 10.8. The fourth-order valence-electron chi connectivity index (χ4n) is 1.80. The minimum absolute atomic E-state index is 0.0230. The van der Waals surface area contributed by atoms with Gasteiger partial charge in [0, 0.05) is 11.6 Å². The highest BCUT2D eigenvalue weighted by molar-refractivity contribution is 5.28. The standard InChI is InChI=1S/C13H20F2N2/c1-8-5-6-9(12(15)11(8)14)10(17-16)7-13(2,3)4/h5-6,10,17H,7,16H2,1-4H3. The Morgan fingerprint density at radius 3 is 2.29 bits per heavy atom. The molecule has 0 saturated carbocycles. The van der Waals surface area contributed by atoms with E-state index in [9.17, 15) is 8.78 Å². The van der Waals surface area contributed by atoms with E-state index in [4.69, 9.17) is 5.84 Å². The first kappa shape index (κ1) is 14.1. The van der Waals surface area contributed by atoms with Gasteiger partial charge in [0.05, 0.1) is 0 Å². The Kier molecular flexibility index (Phi) is 4.22. The second-order valence-electron chi connectivity index (χ2n) is 5.58. The molecule has 0 aromatic heterocycles. The van der Waals surface area contributed by atoms with Crippen molar-refractivity contribution in [1.29, 1.82) is 0 Å². The largest absolute Gasteiger partial charge is 0.271 e. The minimum atomic E-state index is -0.808. The zero-order valence-electron chi connectivity index (χ0n) is 10.8. The first-order valence-corrected chi connectivity index (χ1v) is 5.67. The van der Waals surface area contributed by atoms with E-state index >= 15 is 0 Å². The van der Waals surface area contributed by atoms with Crippen LogP contribution in [0.2, 0.25) is 0 Å². The number of nitrogens with one attached hydrogen (secondary N) is 1. The van der Waals surface area contributed by atoms with E-state index in [1.165, 1.54) is 6.92 Å². The molecule has 1 aromatic rings. The van der Waals surface area contributed by atoms with Gasteiger partial charge in [0.25, 0.3) is 0 Å². The van der Waals surface area contributed by atoms with Crippen LogP contribution in [0, 0.1) is 24.0 Å². The second-order valence-corrected chi connectivity index (χ2v) is 5.58. The van der Waals surface area contributed by atoms with E-state index in [-0.39, 0.29) is 17.0 Å². The Bertz CT molecular complexity index is 397. The molecule has 1 unspecified atom stereocenters. The molecular formula is C13H20F2N2. The molecule has 17 heavy (non-hydrogen) atoms. The predicted molar refractivity (Wildman–Crippen MR) is 65.2 cm³/mol. The highest BCUT2D eigenvalue weighted by Gasteiger charge is 2.23. The van der Waals surface area contributed by atoms with Crippen molar-refractivity contribution in [2.45, 2.75) is 40.2 Å². The maximum absolute atomic E-state index is 13.8. The van der Waals surface area contributed by atoms with E-state index < -0.39 is 11.6 Å². The monoisotopic (exact) mass is 242 g/mol. The van der Waals surface area contributed by atoms with Crippen molar-refractivity contribution in [3.8, 4) is 0 Å². The van der Waals surface area contributed by atoms with Gasteiger partial charge in [-0.1, -0.05) is 32.9 Å². The van der Waals surface area contributed by atoms with Crippen molar-refractivity contribution < 1.29 is 8.78 Å². The smallest absolute Gasteiger partial charge is 0.163 e. The molecule has 0 aliphatic rings. The summed E-state index contributed by atoms with van der Waals surface area (Å²) in [4.78, 5) is 0. The first-order valence-electron chi connectivity index (χ1n) is 5.67. The number of rotatable bonds is 3. The Morgan fingerprint density at radius 1 is 1.24 bits per heavy atom. The molecule has 1 rings (SSSR count). The summed E-state index contributed by atoms with van der Waals surface area (Å²) in [5.41, 5.74) is 3.12. The van der Waals surface area contributed by atoms with E-state index in [2.05, 4.69) is 5.43 Å². The van der Waals surface area contributed by atoms with Crippen molar-refractivity contribution in [1.82, 2.24) is 5.43 Å². The Balaban J connectivity index is 3.09.